The molecule has 33 heavy (non-hydrogen) atoms. The number of imidazole rings is 1. The number of benzene rings is 2. The van der Waals surface area contributed by atoms with Crippen LogP contribution in [0.2, 0.25) is 0 Å². The first-order valence-corrected chi connectivity index (χ1v) is 11.1. The molecular formula is C25H28FN5O2. The number of nitrogens with one attached hydrogen (secondary N) is 1. The molecule has 2 aromatic heterocycles. The van der Waals surface area contributed by atoms with E-state index >= 15 is 0 Å². The fraction of sp³-hybridized carbons (Fsp3) is 0.360. The number of nitrogens with zero attached hydrogens (tertiary/aromatic N) is 4. The van der Waals surface area contributed by atoms with Crippen molar-refractivity contribution >= 4 is 16.9 Å². The fourth-order valence-corrected chi connectivity index (χ4v) is 3.61. The molecule has 0 saturated carbocycles. The third kappa shape index (κ3) is 5.63. The van der Waals surface area contributed by atoms with Gasteiger partial charge in [-0.15, -0.1) is 0 Å². The van der Waals surface area contributed by atoms with Gasteiger partial charge in [0, 0.05) is 24.8 Å². The highest BCUT2D eigenvalue weighted by molar-refractivity contribution is 5.77. The predicted molar refractivity (Wildman–Crippen MR) is 123 cm³/mol. The Kier molecular flexibility index (Phi) is 6.53. The minimum absolute atomic E-state index is 0.0932. The highest BCUT2D eigenvalue weighted by Gasteiger charge is 2.21. The first-order chi connectivity index (χ1) is 15.8. The number of halogens is 1. The van der Waals surface area contributed by atoms with Crippen molar-refractivity contribution in [3.63, 3.8) is 0 Å². The predicted octanol–water partition coefficient (Wildman–Crippen LogP) is 4.74. The molecule has 0 saturated heterocycles. The van der Waals surface area contributed by atoms with Crippen LogP contribution in [0.5, 0.6) is 0 Å². The van der Waals surface area contributed by atoms with Crippen LogP contribution in [0.25, 0.3) is 11.0 Å². The van der Waals surface area contributed by atoms with Gasteiger partial charge in [-0.2, -0.15) is 4.98 Å². The number of hydrogen-bond donors (Lipinski definition) is 1. The third-order valence-corrected chi connectivity index (χ3v) is 5.45. The van der Waals surface area contributed by atoms with E-state index < -0.39 is 0 Å². The van der Waals surface area contributed by atoms with Gasteiger partial charge in [0.1, 0.15) is 5.82 Å². The Labute approximate surface area is 192 Å². The van der Waals surface area contributed by atoms with Crippen LogP contribution in [0.4, 0.5) is 4.39 Å². The largest absolute Gasteiger partial charge is 0.347 e. The van der Waals surface area contributed by atoms with Crippen LogP contribution >= 0.6 is 0 Å². The molecule has 2 heterocycles. The van der Waals surface area contributed by atoms with Crippen LogP contribution in [0, 0.1) is 5.82 Å². The van der Waals surface area contributed by atoms with Gasteiger partial charge < -0.3 is 14.4 Å². The molecule has 0 aliphatic carbocycles. The Hall–Kier alpha value is -3.55. The molecule has 0 spiro atoms. The van der Waals surface area contributed by atoms with Crippen molar-refractivity contribution in [3.05, 3.63) is 78.0 Å². The summed E-state index contributed by atoms with van der Waals surface area (Å²) in [4.78, 5) is 21.6. The van der Waals surface area contributed by atoms with Crippen molar-refractivity contribution in [2.45, 2.75) is 58.0 Å². The van der Waals surface area contributed by atoms with E-state index in [9.17, 15) is 9.18 Å². The topological polar surface area (TPSA) is 85.8 Å². The average Bonchev–Trinajstić information content (AvgIpc) is 3.41. The number of rotatable bonds is 8. The summed E-state index contributed by atoms with van der Waals surface area (Å²) < 4.78 is 20.8. The Balaban J connectivity index is 1.42. The van der Waals surface area contributed by atoms with E-state index in [-0.39, 0.29) is 23.2 Å². The first-order valence-electron chi connectivity index (χ1n) is 11.1. The van der Waals surface area contributed by atoms with E-state index in [1.807, 2.05) is 49.6 Å². The Morgan fingerprint density at radius 3 is 2.64 bits per heavy atom. The second-order valence-corrected chi connectivity index (χ2v) is 9.17. The van der Waals surface area contributed by atoms with Crippen molar-refractivity contribution in [1.29, 1.82) is 0 Å². The van der Waals surface area contributed by atoms with Gasteiger partial charge in [-0.1, -0.05) is 50.2 Å². The summed E-state index contributed by atoms with van der Waals surface area (Å²) in [7, 11) is 0. The van der Waals surface area contributed by atoms with Gasteiger partial charge in [-0.3, -0.25) is 4.79 Å². The molecule has 2 aromatic carbocycles. The van der Waals surface area contributed by atoms with E-state index in [1.165, 1.54) is 12.1 Å². The standard InChI is InChI=1S/C25H28FN5O2/c1-25(2,3)24-29-23(33-30-24)10-6-9-22(32)28-20(17-11-13-18(26)14-12-17)15-31-16-27-19-7-4-5-8-21(19)31/h4-5,7-8,11-14,16,20H,6,9-10,15H2,1-3H3,(H,28,32). The van der Waals surface area contributed by atoms with Gasteiger partial charge in [0.15, 0.2) is 5.82 Å². The molecule has 1 atom stereocenters. The van der Waals surface area contributed by atoms with Gasteiger partial charge in [0.2, 0.25) is 11.8 Å². The Morgan fingerprint density at radius 1 is 1.15 bits per heavy atom. The highest BCUT2D eigenvalue weighted by atomic mass is 19.1. The molecule has 4 rings (SSSR count). The average molecular weight is 450 g/mol. The number of aryl methyl sites for hydroxylation is 1. The summed E-state index contributed by atoms with van der Waals surface area (Å²) in [5.41, 5.74) is 2.51. The quantitative estimate of drug-likeness (QED) is 0.420. The van der Waals surface area contributed by atoms with Gasteiger partial charge in [0.25, 0.3) is 0 Å². The zero-order valence-electron chi connectivity index (χ0n) is 19.1. The van der Waals surface area contributed by atoms with Crippen molar-refractivity contribution in [1.82, 2.24) is 25.0 Å². The number of aromatic nitrogens is 4. The Morgan fingerprint density at radius 2 is 1.91 bits per heavy atom. The maximum Gasteiger partial charge on any atom is 0.226 e. The smallest absolute Gasteiger partial charge is 0.226 e. The lowest BCUT2D eigenvalue weighted by atomic mass is 9.96. The van der Waals surface area contributed by atoms with Gasteiger partial charge in [-0.25, -0.2) is 9.37 Å². The zero-order chi connectivity index (χ0) is 23.4. The third-order valence-electron chi connectivity index (χ3n) is 5.45. The molecule has 0 aliphatic rings. The Bertz CT molecular complexity index is 1220. The number of carbonyl (C=O) groups is 1. The van der Waals surface area contributed by atoms with E-state index in [1.54, 1.807) is 18.5 Å². The summed E-state index contributed by atoms with van der Waals surface area (Å²) in [5.74, 6) is 0.786. The molecule has 172 valence electrons. The zero-order valence-corrected chi connectivity index (χ0v) is 19.1. The molecule has 1 unspecified atom stereocenters. The molecule has 7 nitrogen and oxygen atoms in total. The summed E-state index contributed by atoms with van der Waals surface area (Å²) in [6, 6.07) is 13.7. The molecule has 0 fully saturated rings. The minimum Gasteiger partial charge on any atom is -0.347 e. The molecule has 0 radical (unpaired) electrons. The van der Waals surface area contributed by atoms with Crippen molar-refractivity contribution in [2.75, 3.05) is 0 Å². The molecule has 0 aliphatic heterocycles. The van der Waals surface area contributed by atoms with Crippen LogP contribution < -0.4 is 5.32 Å². The molecular weight excluding hydrogens is 421 g/mol. The molecule has 0 bridgehead atoms. The monoisotopic (exact) mass is 449 g/mol. The van der Waals surface area contributed by atoms with E-state index in [0.717, 1.165) is 16.6 Å². The van der Waals surface area contributed by atoms with Crippen LogP contribution in [-0.4, -0.2) is 25.6 Å². The van der Waals surface area contributed by atoms with Crippen LogP contribution in [0.15, 0.2) is 59.4 Å². The molecule has 4 aromatic rings. The summed E-state index contributed by atoms with van der Waals surface area (Å²) in [6.45, 7) is 6.55. The van der Waals surface area contributed by atoms with Gasteiger partial charge in [-0.05, 0) is 36.2 Å². The molecule has 1 N–H and O–H groups in total. The number of hydrogen-bond acceptors (Lipinski definition) is 5. The second kappa shape index (κ2) is 9.52. The summed E-state index contributed by atoms with van der Waals surface area (Å²) >= 11 is 0. The highest BCUT2D eigenvalue weighted by Crippen LogP contribution is 2.21. The maximum atomic E-state index is 13.5. The molecule has 1 amide bonds. The maximum absolute atomic E-state index is 13.5. The van der Waals surface area contributed by atoms with E-state index in [0.29, 0.717) is 37.5 Å². The summed E-state index contributed by atoms with van der Waals surface area (Å²) in [6.07, 6.45) is 3.19. The SMILES string of the molecule is CC(C)(C)c1noc(CCCC(=O)NC(Cn2cnc3ccccc32)c2ccc(F)cc2)n1. The van der Waals surface area contributed by atoms with Crippen molar-refractivity contribution in [3.8, 4) is 0 Å². The first kappa shape index (κ1) is 22.6. The lowest BCUT2D eigenvalue weighted by molar-refractivity contribution is -0.122. The number of amides is 1. The summed E-state index contributed by atoms with van der Waals surface area (Å²) in [5, 5.41) is 7.12. The van der Waals surface area contributed by atoms with Crippen LogP contribution in [0.3, 0.4) is 0 Å². The lowest BCUT2D eigenvalue weighted by Crippen LogP contribution is -2.31. The van der Waals surface area contributed by atoms with Crippen molar-refractivity contribution < 1.29 is 13.7 Å². The number of carbonyl (C=O) groups excluding carboxylic acids is 1. The minimum atomic E-state index is -0.327. The van der Waals surface area contributed by atoms with Gasteiger partial charge >= 0.3 is 0 Å². The van der Waals surface area contributed by atoms with E-state index in [4.69, 9.17) is 4.52 Å². The van der Waals surface area contributed by atoms with Crippen molar-refractivity contribution in [2.24, 2.45) is 0 Å². The fourth-order valence-electron chi connectivity index (χ4n) is 3.61. The van der Waals surface area contributed by atoms with Gasteiger partial charge in [0.05, 0.1) is 23.4 Å². The van der Waals surface area contributed by atoms with Crippen LogP contribution in [-0.2, 0) is 23.2 Å². The number of fused-ring (bicyclic) bond motifs is 1. The van der Waals surface area contributed by atoms with Crippen LogP contribution in [0.1, 0.15) is 56.9 Å². The second-order valence-electron chi connectivity index (χ2n) is 9.17. The number of para-hydroxylation sites is 2. The lowest BCUT2D eigenvalue weighted by Gasteiger charge is -2.20. The normalized spacial score (nSPS) is 12.7. The van der Waals surface area contributed by atoms with E-state index in [2.05, 4.69) is 20.4 Å². The molecule has 8 heteroatoms.